The number of halogens is 1. The number of fused-ring (bicyclic) bond motifs is 1. The number of carbonyl (C=O) groups excluding carboxylic acids is 1. The van der Waals surface area contributed by atoms with Gasteiger partial charge in [0.1, 0.15) is 6.54 Å². The third-order valence-electron chi connectivity index (χ3n) is 3.59. The predicted octanol–water partition coefficient (Wildman–Crippen LogP) is 3.08. The van der Waals surface area contributed by atoms with E-state index in [1.807, 2.05) is 42.5 Å². The van der Waals surface area contributed by atoms with Gasteiger partial charge in [0.2, 0.25) is 5.91 Å². The number of hydrogen-bond acceptors (Lipinski definition) is 2. The maximum Gasteiger partial charge on any atom is 0.240 e. The van der Waals surface area contributed by atoms with Crippen molar-refractivity contribution in [2.45, 2.75) is 13.1 Å². The summed E-state index contributed by atoms with van der Waals surface area (Å²) in [7, 11) is 0. The van der Waals surface area contributed by atoms with Crippen LogP contribution in [0.15, 0.2) is 70.1 Å². The van der Waals surface area contributed by atoms with Crippen molar-refractivity contribution in [3.8, 4) is 0 Å². The summed E-state index contributed by atoms with van der Waals surface area (Å²) in [6, 6.07) is 16.7. The van der Waals surface area contributed by atoms with Gasteiger partial charge < -0.3 is 9.88 Å². The molecular weight excluding hydrogens is 356 g/mol. The van der Waals surface area contributed by atoms with Crippen LogP contribution >= 0.6 is 15.9 Å². The minimum Gasteiger partial charge on any atom is -0.350 e. The molecule has 0 aliphatic heterocycles. The van der Waals surface area contributed by atoms with Crippen LogP contribution < -0.4 is 10.7 Å². The summed E-state index contributed by atoms with van der Waals surface area (Å²) in [6.07, 6.45) is 1.65. The molecule has 0 fully saturated rings. The quantitative estimate of drug-likeness (QED) is 0.767. The molecule has 4 nitrogen and oxygen atoms in total. The second-order valence-corrected chi connectivity index (χ2v) is 6.15. The zero-order chi connectivity index (χ0) is 16.2. The van der Waals surface area contributed by atoms with E-state index >= 15 is 0 Å². The van der Waals surface area contributed by atoms with Gasteiger partial charge in [-0.3, -0.25) is 9.59 Å². The Kier molecular flexibility index (Phi) is 4.57. The van der Waals surface area contributed by atoms with Gasteiger partial charge in [-0.2, -0.15) is 0 Å². The Balaban J connectivity index is 1.77. The summed E-state index contributed by atoms with van der Waals surface area (Å²) in [5, 5.41) is 3.49. The Bertz CT molecular complexity index is 904. The van der Waals surface area contributed by atoms with E-state index in [9.17, 15) is 9.59 Å². The number of carbonyl (C=O) groups is 1. The van der Waals surface area contributed by atoms with Crippen LogP contribution in [0.5, 0.6) is 0 Å². The monoisotopic (exact) mass is 370 g/mol. The second kappa shape index (κ2) is 6.79. The molecular formula is C18H15BrN2O2. The molecule has 0 saturated heterocycles. The molecule has 5 heteroatoms. The second-order valence-electron chi connectivity index (χ2n) is 5.23. The first-order valence-electron chi connectivity index (χ1n) is 7.23. The predicted molar refractivity (Wildman–Crippen MR) is 94.2 cm³/mol. The highest BCUT2D eigenvalue weighted by Crippen LogP contribution is 2.17. The Morgan fingerprint density at radius 3 is 2.65 bits per heavy atom. The number of nitrogens with one attached hydrogen (secondary N) is 1. The summed E-state index contributed by atoms with van der Waals surface area (Å²) in [4.78, 5) is 24.1. The lowest BCUT2D eigenvalue weighted by atomic mass is 10.2. The fourth-order valence-electron chi connectivity index (χ4n) is 2.43. The van der Waals surface area contributed by atoms with Crippen molar-refractivity contribution < 1.29 is 4.79 Å². The first kappa shape index (κ1) is 15.5. The van der Waals surface area contributed by atoms with Crippen molar-refractivity contribution in [2.24, 2.45) is 0 Å². The van der Waals surface area contributed by atoms with Gasteiger partial charge in [-0.05, 0) is 23.8 Å². The van der Waals surface area contributed by atoms with Crippen molar-refractivity contribution in [2.75, 3.05) is 0 Å². The SMILES string of the molecule is O=C(Cn1ccc(=O)c2cc(Br)ccc21)NCc1ccccc1. The Morgan fingerprint density at radius 1 is 1.09 bits per heavy atom. The molecule has 0 unspecified atom stereocenters. The molecule has 1 N–H and O–H groups in total. The highest BCUT2D eigenvalue weighted by atomic mass is 79.9. The van der Waals surface area contributed by atoms with Crippen molar-refractivity contribution >= 4 is 32.7 Å². The molecule has 0 aliphatic rings. The lowest BCUT2D eigenvalue weighted by Gasteiger charge is -2.11. The number of rotatable bonds is 4. The maximum absolute atomic E-state index is 12.2. The fraction of sp³-hybridized carbons (Fsp3) is 0.111. The minimum atomic E-state index is -0.0956. The van der Waals surface area contributed by atoms with Gasteiger partial charge in [-0.15, -0.1) is 0 Å². The Labute approximate surface area is 141 Å². The van der Waals surface area contributed by atoms with Gasteiger partial charge >= 0.3 is 0 Å². The van der Waals surface area contributed by atoms with Crippen molar-refractivity contribution in [1.29, 1.82) is 0 Å². The van der Waals surface area contributed by atoms with Crippen LogP contribution in [0.3, 0.4) is 0 Å². The van der Waals surface area contributed by atoms with Crippen LogP contribution in [-0.4, -0.2) is 10.5 Å². The molecule has 1 amide bonds. The van der Waals surface area contributed by atoms with Crippen molar-refractivity contribution in [1.82, 2.24) is 9.88 Å². The third kappa shape index (κ3) is 3.68. The van der Waals surface area contributed by atoms with Crippen LogP contribution in [0.4, 0.5) is 0 Å². The summed E-state index contributed by atoms with van der Waals surface area (Å²) >= 11 is 3.37. The van der Waals surface area contributed by atoms with E-state index in [4.69, 9.17) is 0 Å². The zero-order valence-electron chi connectivity index (χ0n) is 12.3. The molecule has 0 radical (unpaired) electrons. The molecule has 2 aromatic carbocycles. The van der Waals surface area contributed by atoms with E-state index < -0.39 is 0 Å². The van der Waals surface area contributed by atoms with Gasteiger partial charge in [0.05, 0.1) is 5.52 Å². The molecule has 0 atom stereocenters. The lowest BCUT2D eigenvalue weighted by molar-refractivity contribution is -0.121. The fourth-order valence-corrected chi connectivity index (χ4v) is 2.79. The van der Waals surface area contributed by atoms with Crippen LogP contribution in [0.1, 0.15) is 5.56 Å². The molecule has 0 aliphatic carbocycles. The van der Waals surface area contributed by atoms with Gasteiger partial charge in [0, 0.05) is 28.7 Å². The standard InChI is InChI=1S/C18H15BrN2O2/c19-14-6-7-16-15(10-14)17(22)8-9-21(16)12-18(23)20-11-13-4-2-1-3-5-13/h1-10H,11-12H2,(H,20,23). The van der Waals surface area contributed by atoms with Gasteiger partial charge in [-0.25, -0.2) is 0 Å². The van der Waals surface area contributed by atoms with Crippen LogP contribution in [0.25, 0.3) is 10.9 Å². The Morgan fingerprint density at radius 2 is 1.87 bits per heavy atom. The summed E-state index contributed by atoms with van der Waals surface area (Å²) < 4.78 is 2.62. The number of pyridine rings is 1. The molecule has 3 aromatic rings. The zero-order valence-corrected chi connectivity index (χ0v) is 13.9. The third-order valence-corrected chi connectivity index (χ3v) is 4.08. The molecule has 0 spiro atoms. The highest BCUT2D eigenvalue weighted by Gasteiger charge is 2.07. The van der Waals surface area contributed by atoms with Crippen LogP contribution in [-0.2, 0) is 17.9 Å². The average Bonchev–Trinajstić information content (AvgIpc) is 2.57. The molecule has 3 rings (SSSR count). The van der Waals surface area contributed by atoms with Crippen LogP contribution in [0.2, 0.25) is 0 Å². The summed E-state index contributed by atoms with van der Waals surface area (Å²) in [6.45, 7) is 0.661. The smallest absolute Gasteiger partial charge is 0.240 e. The van der Waals surface area contributed by atoms with E-state index in [1.54, 1.807) is 16.8 Å². The molecule has 1 heterocycles. The maximum atomic E-state index is 12.2. The molecule has 0 bridgehead atoms. The van der Waals surface area contributed by atoms with Crippen LogP contribution in [0, 0.1) is 0 Å². The summed E-state index contributed by atoms with van der Waals surface area (Å²) in [5.74, 6) is -0.0956. The number of nitrogens with zero attached hydrogens (tertiary/aromatic N) is 1. The topological polar surface area (TPSA) is 51.1 Å². The van der Waals surface area contributed by atoms with E-state index in [0.29, 0.717) is 11.9 Å². The highest BCUT2D eigenvalue weighted by molar-refractivity contribution is 9.10. The molecule has 116 valence electrons. The average molecular weight is 371 g/mol. The molecule has 1 aromatic heterocycles. The minimum absolute atomic E-state index is 0.0535. The van der Waals surface area contributed by atoms with Crippen molar-refractivity contribution in [3.63, 3.8) is 0 Å². The van der Waals surface area contributed by atoms with E-state index in [0.717, 1.165) is 15.6 Å². The van der Waals surface area contributed by atoms with Gasteiger partial charge in [-0.1, -0.05) is 46.3 Å². The number of amides is 1. The van der Waals surface area contributed by atoms with E-state index in [2.05, 4.69) is 21.2 Å². The molecule has 23 heavy (non-hydrogen) atoms. The number of hydrogen-bond donors (Lipinski definition) is 1. The van der Waals surface area contributed by atoms with Crippen molar-refractivity contribution in [3.05, 3.63) is 81.1 Å². The van der Waals surface area contributed by atoms with Gasteiger partial charge in [0.25, 0.3) is 0 Å². The van der Waals surface area contributed by atoms with E-state index in [1.165, 1.54) is 6.07 Å². The van der Waals surface area contributed by atoms with Gasteiger partial charge in [0.15, 0.2) is 5.43 Å². The first-order chi connectivity index (χ1) is 11.1. The summed E-state index contributed by atoms with van der Waals surface area (Å²) in [5.41, 5.74) is 1.74. The molecule has 0 saturated carbocycles. The largest absolute Gasteiger partial charge is 0.350 e. The first-order valence-corrected chi connectivity index (χ1v) is 8.02. The Hall–Kier alpha value is -2.40. The number of aromatic nitrogens is 1. The van der Waals surface area contributed by atoms with E-state index in [-0.39, 0.29) is 17.9 Å². The number of benzene rings is 2. The lowest BCUT2D eigenvalue weighted by Crippen LogP contribution is -2.27. The normalized spacial score (nSPS) is 10.7.